The summed E-state index contributed by atoms with van der Waals surface area (Å²) in [5.74, 6) is -1.06. The average molecular weight is 352 g/mol. The summed E-state index contributed by atoms with van der Waals surface area (Å²) in [4.78, 5) is 11.8. The Morgan fingerprint density at radius 3 is 2.47 bits per heavy atom. The lowest BCUT2D eigenvalue weighted by molar-refractivity contribution is 0.0950. The Morgan fingerprint density at radius 1 is 1.42 bits per heavy atom. The highest BCUT2D eigenvalue weighted by Crippen LogP contribution is 2.17. The lowest BCUT2D eigenvalue weighted by atomic mass is 10.1. The largest absolute Gasteiger partial charge is 0.350 e. The summed E-state index contributed by atoms with van der Waals surface area (Å²) in [6.07, 6.45) is 1.11. The van der Waals surface area contributed by atoms with E-state index in [1.165, 1.54) is 26.0 Å². The predicted octanol–water partition coefficient (Wildman–Crippen LogP) is 2.14. The fourth-order valence-electron chi connectivity index (χ4n) is 1.16. The molecule has 4 nitrogen and oxygen atoms in total. The highest BCUT2D eigenvalue weighted by atomic mass is 79.9. The zero-order chi connectivity index (χ0) is 14.8. The Morgan fingerprint density at radius 2 is 2.00 bits per heavy atom. The van der Waals surface area contributed by atoms with Crippen molar-refractivity contribution in [2.75, 3.05) is 12.8 Å². The molecule has 1 amide bonds. The number of amides is 1. The number of halogens is 2. The minimum atomic E-state index is -3.29. The lowest BCUT2D eigenvalue weighted by Gasteiger charge is -2.22. The fourth-order valence-corrected chi connectivity index (χ4v) is 1.74. The van der Waals surface area contributed by atoms with E-state index in [0.717, 1.165) is 12.3 Å². The van der Waals surface area contributed by atoms with Crippen molar-refractivity contribution in [1.82, 2.24) is 5.32 Å². The van der Waals surface area contributed by atoms with E-state index >= 15 is 0 Å². The molecule has 0 unspecified atom stereocenters. The van der Waals surface area contributed by atoms with Gasteiger partial charge in [-0.3, -0.25) is 4.79 Å². The van der Waals surface area contributed by atoms with E-state index in [1.54, 1.807) is 0 Å². The van der Waals surface area contributed by atoms with Crippen LogP contribution in [0.5, 0.6) is 0 Å². The molecule has 0 bridgehead atoms. The Labute approximate surface area is 120 Å². The molecule has 0 saturated carbocycles. The van der Waals surface area contributed by atoms with Crippen molar-refractivity contribution in [2.45, 2.75) is 18.6 Å². The molecule has 0 fully saturated rings. The van der Waals surface area contributed by atoms with E-state index in [-0.39, 0.29) is 16.6 Å². The first-order valence-corrected chi connectivity index (χ1v) is 8.16. The van der Waals surface area contributed by atoms with Gasteiger partial charge < -0.3 is 5.32 Å². The van der Waals surface area contributed by atoms with Crippen LogP contribution in [0.15, 0.2) is 22.7 Å². The SMILES string of the molecule is CC(C)(CNC(=O)c1ccc(Br)c(F)c1)S(C)(=O)=O. The molecule has 19 heavy (non-hydrogen) atoms. The van der Waals surface area contributed by atoms with Crippen LogP contribution in [0.1, 0.15) is 24.2 Å². The van der Waals surface area contributed by atoms with Crippen LogP contribution < -0.4 is 5.32 Å². The number of rotatable bonds is 4. The van der Waals surface area contributed by atoms with Crippen LogP contribution in [0.3, 0.4) is 0 Å². The van der Waals surface area contributed by atoms with E-state index in [2.05, 4.69) is 21.2 Å². The molecule has 0 aromatic heterocycles. The second kappa shape index (κ2) is 5.58. The molecule has 0 saturated heterocycles. The van der Waals surface area contributed by atoms with Crippen molar-refractivity contribution < 1.29 is 17.6 Å². The van der Waals surface area contributed by atoms with E-state index < -0.39 is 26.3 Å². The summed E-state index contributed by atoms with van der Waals surface area (Å²) >= 11 is 2.99. The first kappa shape index (κ1) is 16.1. The van der Waals surface area contributed by atoms with Gasteiger partial charge in [-0.2, -0.15) is 0 Å². The minimum absolute atomic E-state index is 0.0393. The maximum Gasteiger partial charge on any atom is 0.251 e. The zero-order valence-electron chi connectivity index (χ0n) is 10.8. The Bertz CT molecular complexity index is 599. The van der Waals surface area contributed by atoms with Crippen LogP contribution in [0.4, 0.5) is 4.39 Å². The molecule has 0 atom stereocenters. The summed E-state index contributed by atoms with van der Waals surface area (Å²) in [6.45, 7) is 3.00. The highest BCUT2D eigenvalue weighted by molar-refractivity contribution is 9.10. The topological polar surface area (TPSA) is 63.2 Å². The van der Waals surface area contributed by atoms with Gasteiger partial charge in [-0.1, -0.05) is 0 Å². The maximum absolute atomic E-state index is 13.3. The minimum Gasteiger partial charge on any atom is -0.350 e. The van der Waals surface area contributed by atoms with Crippen LogP contribution in [0.2, 0.25) is 0 Å². The van der Waals surface area contributed by atoms with Gasteiger partial charge in [0.25, 0.3) is 5.91 Å². The van der Waals surface area contributed by atoms with E-state index in [0.29, 0.717) is 0 Å². The molecular formula is C12H15BrFNO3S. The van der Waals surface area contributed by atoms with Gasteiger partial charge in [-0.05, 0) is 48.0 Å². The summed E-state index contributed by atoms with van der Waals surface area (Å²) in [7, 11) is -3.29. The number of carbonyl (C=O) groups excluding carboxylic acids is 1. The van der Waals surface area contributed by atoms with Crippen LogP contribution in [-0.2, 0) is 9.84 Å². The standard InChI is InChI=1S/C12H15BrFNO3S/c1-12(2,19(3,17)18)7-15-11(16)8-4-5-9(13)10(14)6-8/h4-6H,7H2,1-3H3,(H,15,16). The Hall–Kier alpha value is -0.950. The van der Waals surface area contributed by atoms with Gasteiger partial charge in [0.2, 0.25) is 0 Å². The molecule has 0 aliphatic heterocycles. The molecule has 0 aliphatic rings. The van der Waals surface area contributed by atoms with Gasteiger partial charge >= 0.3 is 0 Å². The van der Waals surface area contributed by atoms with Crippen molar-refractivity contribution in [1.29, 1.82) is 0 Å². The van der Waals surface area contributed by atoms with Crippen LogP contribution in [0.25, 0.3) is 0 Å². The molecule has 1 N–H and O–H groups in total. The van der Waals surface area contributed by atoms with Gasteiger partial charge in [0.15, 0.2) is 9.84 Å². The average Bonchev–Trinajstić information content (AvgIpc) is 2.28. The van der Waals surface area contributed by atoms with Crippen LogP contribution >= 0.6 is 15.9 Å². The molecule has 0 heterocycles. The molecule has 0 radical (unpaired) electrons. The summed E-state index contributed by atoms with van der Waals surface area (Å²) in [6, 6.07) is 3.97. The fraction of sp³-hybridized carbons (Fsp3) is 0.417. The molecule has 106 valence electrons. The second-order valence-corrected chi connectivity index (χ2v) is 8.35. The molecule has 1 aromatic rings. The normalized spacial score (nSPS) is 12.3. The molecular weight excluding hydrogens is 337 g/mol. The molecule has 0 spiro atoms. The third-order valence-corrected chi connectivity index (χ3v) is 5.66. The Kier molecular flexibility index (Phi) is 4.73. The highest BCUT2D eigenvalue weighted by Gasteiger charge is 2.30. The predicted molar refractivity (Wildman–Crippen MR) is 75.4 cm³/mol. The number of hydrogen-bond donors (Lipinski definition) is 1. The number of hydrogen-bond acceptors (Lipinski definition) is 3. The molecule has 1 aromatic carbocycles. The van der Waals surface area contributed by atoms with E-state index in [4.69, 9.17) is 0 Å². The van der Waals surface area contributed by atoms with E-state index in [9.17, 15) is 17.6 Å². The number of sulfone groups is 1. The summed E-state index contributed by atoms with van der Waals surface area (Å²) in [5, 5.41) is 2.49. The van der Waals surface area contributed by atoms with Gasteiger partial charge in [-0.25, -0.2) is 12.8 Å². The second-order valence-electron chi connectivity index (χ2n) is 4.84. The molecule has 7 heteroatoms. The van der Waals surface area contributed by atoms with Crippen molar-refractivity contribution in [3.05, 3.63) is 34.1 Å². The molecule has 1 rings (SSSR count). The first-order valence-electron chi connectivity index (χ1n) is 5.47. The number of carbonyl (C=O) groups is 1. The van der Waals surface area contributed by atoms with Crippen molar-refractivity contribution in [3.8, 4) is 0 Å². The Balaban J connectivity index is 2.79. The van der Waals surface area contributed by atoms with Gasteiger partial charge in [-0.15, -0.1) is 0 Å². The number of benzene rings is 1. The van der Waals surface area contributed by atoms with Crippen molar-refractivity contribution in [3.63, 3.8) is 0 Å². The molecule has 0 aliphatic carbocycles. The van der Waals surface area contributed by atoms with Crippen molar-refractivity contribution in [2.24, 2.45) is 0 Å². The van der Waals surface area contributed by atoms with Gasteiger partial charge in [0, 0.05) is 18.4 Å². The first-order chi connectivity index (χ1) is 8.54. The van der Waals surface area contributed by atoms with Crippen molar-refractivity contribution >= 4 is 31.7 Å². The van der Waals surface area contributed by atoms with Crippen LogP contribution in [-0.4, -0.2) is 31.9 Å². The monoisotopic (exact) mass is 351 g/mol. The number of nitrogens with one attached hydrogen (secondary N) is 1. The van der Waals surface area contributed by atoms with Crippen LogP contribution in [0, 0.1) is 5.82 Å². The third-order valence-electron chi connectivity index (χ3n) is 2.86. The van der Waals surface area contributed by atoms with E-state index in [1.807, 2.05) is 0 Å². The van der Waals surface area contributed by atoms with Gasteiger partial charge in [0.1, 0.15) is 5.82 Å². The smallest absolute Gasteiger partial charge is 0.251 e. The lowest BCUT2D eigenvalue weighted by Crippen LogP contribution is -2.43. The maximum atomic E-state index is 13.3. The summed E-state index contributed by atoms with van der Waals surface area (Å²) < 4.78 is 35.4. The van der Waals surface area contributed by atoms with Gasteiger partial charge in [0.05, 0.1) is 9.22 Å². The zero-order valence-corrected chi connectivity index (χ0v) is 13.2. The quantitative estimate of drug-likeness (QED) is 0.903. The third kappa shape index (κ3) is 4.01. The summed E-state index contributed by atoms with van der Waals surface area (Å²) in [5.41, 5.74) is 0.144.